The Hall–Kier alpha value is -0.800. The molecular formula is C15H27NO2. The number of ether oxygens (including phenoxy) is 1. The van der Waals surface area contributed by atoms with Crippen LogP contribution in [0.4, 0.5) is 0 Å². The minimum Gasteiger partial charge on any atom is -0.467 e. The molecule has 1 heterocycles. The van der Waals surface area contributed by atoms with Crippen molar-refractivity contribution in [2.24, 2.45) is 11.3 Å². The number of nitrogens with one attached hydrogen (secondary N) is 1. The summed E-state index contributed by atoms with van der Waals surface area (Å²) in [4.78, 5) is 0. The Kier molecular flexibility index (Phi) is 6.44. The number of rotatable bonds is 8. The molecule has 0 saturated carbocycles. The van der Waals surface area contributed by atoms with Crippen molar-refractivity contribution in [3.63, 3.8) is 0 Å². The van der Waals surface area contributed by atoms with Crippen molar-refractivity contribution in [1.82, 2.24) is 5.32 Å². The molecule has 1 atom stereocenters. The summed E-state index contributed by atoms with van der Waals surface area (Å²) in [6.45, 7) is 12.6. The van der Waals surface area contributed by atoms with Gasteiger partial charge in [0, 0.05) is 6.61 Å². The van der Waals surface area contributed by atoms with E-state index in [1.54, 1.807) is 6.26 Å². The first kappa shape index (κ1) is 15.3. The number of hydrogen-bond acceptors (Lipinski definition) is 3. The molecule has 1 N–H and O–H groups in total. The number of furan rings is 1. The molecule has 1 aromatic heterocycles. The van der Waals surface area contributed by atoms with Gasteiger partial charge >= 0.3 is 0 Å². The van der Waals surface area contributed by atoms with E-state index in [0.29, 0.717) is 17.9 Å². The lowest BCUT2D eigenvalue weighted by atomic mass is 9.82. The lowest BCUT2D eigenvalue weighted by Crippen LogP contribution is -2.30. The van der Waals surface area contributed by atoms with Gasteiger partial charge in [-0.1, -0.05) is 27.7 Å². The monoisotopic (exact) mass is 253 g/mol. The van der Waals surface area contributed by atoms with Crippen molar-refractivity contribution in [3.8, 4) is 0 Å². The second-order valence-electron chi connectivity index (χ2n) is 5.96. The van der Waals surface area contributed by atoms with E-state index in [1.165, 1.54) is 0 Å². The van der Waals surface area contributed by atoms with Gasteiger partial charge in [0.05, 0.1) is 6.26 Å². The van der Waals surface area contributed by atoms with Crippen molar-refractivity contribution >= 4 is 0 Å². The van der Waals surface area contributed by atoms with Gasteiger partial charge in [-0.2, -0.15) is 0 Å². The maximum Gasteiger partial charge on any atom is 0.129 e. The van der Waals surface area contributed by atoms with Crippen LogP contribution in [0.5, 0.6) is 0 Å². The molecule has 104 valence electrons. The van der Waals surface area contributed by atoms with Gasteiger partial charge in [0.2, 0.25) is 0 Å². The maximum atomic E-state index is 5.52. The van der Waals surface area contributed by atoms with E-state index in [4.69, 9.17) is 9.15 Å². The molecule has 3 nitrogen and oxygen atoms in total. The first-order valence-corrected chi connectivity index (χ1v) is 6.81. The van der Waals surface area contributed by atoms with Crippen LogP contribution in [0.2, 0.25) is 0 Å². The molecule has 0 amide bonds. The van der Waals surface area contributed by atoms with Gasteiger partial charge in [0.15, 0.2) is 0 Å². The van der Waals surface area contributed by atoms with Gasteiger partial charge in [0.25, 0.3) is 0 Å². The Labute approximate surface area is 111 Å². The van der Waals surface area contributed by atoms with Crippen LogP contribution in [0.3, 0.4) is 0 Å². The van der Waals surface area contributed by atoms with E-state index in [1.807, 2.05) is 12.1 Å². The molecule has 1 unspecified atom stereocenters. The zero-order valence-corrected chi connectivity index (χ0v) is 12.2. The van der Waals surface area contributed by atoms with Gasteiger partial charge in [-0.3, -0.25) is 0 Å². The minimum absolute atomic E-state index is 0.378. The Balaban J connectivity index is 1.93. The summed E-state index contributed by atoms with van der Waals surface area (Å²) in [7, 11) is 0. The molecule has 1 aromatic rings. The molecule has 18 heavy (non-hydrogen) atoms. The van der Waals surface area contributed by atoms with E-state index >= 15 is 0 Å². The molecule has 0 saturated heterocycles. The Morgan fingerprint density at radius 2 is 2.17 bits per heavy atom. The molecule has 0 bridgehead atoms. The van der Waals surface area contributed by atoms with Crippen molar-refractivity contribution in [1.29, 1.82) is 0 Å². The zero-order valence-electron chi connectivity index (χ0n) is 12.2. The standard InChI is InChI=1S/C15H27NO2/c1-13(15(2,3)4)11-16-8-6-9-17-12-14-7-5-10-18-14/h5,7,10,13,16H,6,8-9,11-12H2,1-4H3. The van der Waals surface area contributed by atoms with Crippen molar-refractivity contribution in [3.05, 3.63) is 24.2 Å². The van der Waals surface area contributed by atoms with E-state index in [-0.39, 0.29) is 0 Å². The third-order valence-corrected chi connectivity index (χ3v) is 3.40. The fraction of sp³-hybridized carbons (Fsp3) is 0.733. The topological polar surface area (TPSA) is 34.4 Å². The van der Waals surface area contributed by atoms with Gasteiger partial charge in [-0.15, -0.1) is 0 Å². The lowest BCUT2D eigenvalue weighted by molar-refractivity contribution is 0.103. The van der Waals surface area contributed by atoms with Crippen LogP contribution < -0.4 is 5.32 Å². The highest BCUT2D eigenvalue weighted by Gasteiger charge is 2.18. The average molecular weight is 253 g/mol. The number of hydrogen-bond donors (Lipinski definition) is 1. The van der Waals surface area contributed by atoms with Gasteiger partial charge < -0.3 is 14.5 Å². The molecular weight excluding hydrogens is 226 g/mol. The highest BCUT2D eigenvalue weighted by molar-refractivity contribution is 4.95. The Morgan fingerprint density at radius 3 is 2.78 bits per heavy atom. The third-order valence-electron chi connectivity index (χ3n) is 3.40. The molecule has 0 aliphatic rings. The first-order chi connectivity index (χ1) is 8.50. The highest BCUT2D eigenvalue weighted by Crippen LogP contribution is 2.24. The summed E-state index contributed by atoms with van der Waals surface area (Å²) in [6.07, 6.45) is 2.71. The predicted molar refractivity (Wildman–Crippen MR) is 74.5 cm³/mol. The maximum absolute atomic E-state index is 5.52. The smallest absolute Gasteiger partial charge is 0.129 e. The van der Waals surface area contributed by atoms with Crippen LogP contribution in [0.15, 0.2) is 22.8 Å². The Morgan fingerprint density at radius 1 is 1.39 bits per heavy atom. The van der Waals surface area contributed by atoms with Crippen LogP contribution in [-0.4, -0.2) is 19.7 Å². The minimum atomic E-state index is 0.378. The fourth-order valence-corrected chi connectivity index (χ4v) is 1.49. The molecule has 0 fully saturated rings. The first-order valence-electron chi connectivity index (χ1n) is 6.81. The predicted octanol–water partition coefficient (Wildman–Crippen LogP) is 3.46. The largest absolute Gasteiger partial charge is 0.467 e. The van der Waals surface area contributed by atoms with Crippen LogP contribution in [-0.2, 0) is 11.3 Å². The third kappa shape index (κ3) is 6.22. The van der Waals surface area contributed by atoms with Crippen molar-refractivity contribution in [2.75, 3.05) is 19.7 Å². The molecule has 0 aromatic carbocycles. The molecule has 3 heteroatoms. The summed E-state index contributed by atoms with van der Waals surface area (Å²) < 4.78 is 10.7. The normalized spacial score (nSPS) is 13.8. The second kappa shape index (κ2) is 7.59. The zero-order chi connectivity index (χ0) is 13.4. The van der Waals surface area contributed by atoms with E-state index < -0.39 is 0 Å². The molecule has 1 rings (SSSR count). The summed E-state index contributed by atoms with van der Waals surface area (Å²) in [5, 5.41) is 3.48. The van der Waals surface area contributed by atoms with Gasteiger partial charge in [0.1, 0.15) is 12.4 Å². The van der Waals surface area contributed by atoms with Gasteiger partial charge in [-0.25, -0.2) is 0 Å². The van der Waals surface area contributed by atoms with Crippen LogP contribution in [0, 0.1) is 11.3 Å². The lowest BCUT2D eigenvalue weighted by Gasteiger charge is -2.27. The summed E-state index contributed by atoms with van der Waals surface area (Å²) >= 11 is 0. The van der Waals surface area contributed by atoms with Crippen LogP contribution in [0.25, 0.3) is 0 Å². The summed E-state index contributed by atoms with van der Waals surface area (Å²) in [6, 6.07) is 3.82. The summed E-state index contributed by atoms with van der Waals surface area (Å²) in [5.41, 5.74) is 0.378. The van der Waals surface area contributed by atoms with Crippen molar-refractivity contribution in [2.45, 2.75) is 40.7 Å². The molecule has 0 aliphatic carbocycles. The Bertz CT molecular complexity index is 301. The summed E-state index contributed by atoms with van der Waals surface area (Å²) in [5.74, 6) is 1.57. The van der Waals surface area contributed by atoms with Crippen LogP contribution in [0.1, 0.15) is 39.9 Å². The van der Waals surface area contributed by atoms with Crippen molar-refractivity contribution < 1.29 is 9.15 Å². The average Bonchev–Trinajstić information content (AvgIpc) is 2.79. The molecule has 0 spiro atoms. The van der Waals surface area contributed by atoms with Gasteiger partial charge in [-0.05, 0) is 43.0 Å². The SMILES string of the molecule is CC(CNCCCOCc1ccco1)C(C)(C)C. The molecule has 0 aliphatic heterocycles. The van der Waals surface area contributed by atoms with E-state index in [9.17, 15) is 0 Å². The fourth-order valence-electron chi connectivity index (χ4n) is 1.49. The van der Waals surface area contributed by atoms with E-state index in [2.05, 4.69) is 33.0 Å². The second-order valence-corrected chi connectivity index (χ2v) is 5.96. The van der Waals surface area contributed by atoms with E-state index in [0.717, 1.165) is 31.9 Å². The molecule has 0 radical (unpaired) electrons. The van der Waals surface area contributed by atoms with Crippen LogP contribution >= 0.6 is 0 Å². The quantitative estimate of drug-likeness (QED) is 0.720. The highest BCUT2D eigenvalue weighted by atomic mass is 16.5.